The molecule has 140 valence electrons. The van der Waals surface area contributed by atoms with Crippen molar-refractivity contribution in [3.8, 4) is 0 Å². The van der Waals surface area contributed by atoms with Crippen LogP contribution in [0.25, 0.3) is 0 Å². The molecule has 1 saturated heterocycles. The fourth-order valence-corrected chi connectivity index (χ4v) is 4.89. The Kier molecular flexibility index (Phi) is 11.1. The van der Waals surface area contributed by atoms with E-state index in [4.69, 9.17) is 0 Å². The molecule has 2 nitrogen and oxygen atoms in total. The van der Waals surface area contributed by atoms with Gasteiger partial charge in [0.15, 0.2) is 0 Å². The van der Waals surface area contributed by atoms with Crippen LogP contribution < -0.4 is 48.0 Å². The first kappa shape index (κ1) is 24.4. The second-order valence-electron chi connectivity index (χ2n) is 8.62. The number of quaternary nitrogens is 2. The maximum Gasteiger partial charge on any atom is 0.0862 e. The van der Waals surface area contributed by atoms with E-state index in [2.05, 4.69) is 34.9 Å². The molecular weight excluding hydrogens is 510 g/mol. The molecule has 0 aromatic carbocycles. The molecule has 1 heterocycles. The summed E-state index contributed by atoms with van der Waals surface area (Å²) >= 11 is 0. The average molecular weight is 550 g/mol. The van der Waals surface area contributed by atoms with Gasteiger partial charge < -0.3 is 56.9 Å². The molecule has 0 amide bonds. The number of nitrogens with zero attached hydrogens (tertiary/aromatic N) is 2. The Hall–Kier alpha value is 1.38. The van der Waals surface area contributed by atoms with Crippen LogP contribution in [0.1, 0.15) is 59.3 Å². The van der Waals surface area contributed by atoms with Gasteiger partial charge in [0.25, 0.3) is 0 Å². The zero-order valence-corrected chi connectivity index (χ0v) is 20.5. The van der Waals surface area contributed by atoms with E-state index in [1.54, 1.807) is 0 Å². The smallest absolute Gasteiger partial charge is 0.0862 e. The Bertz CT molecular complexity index is 317. The lowest BCUT2D eigenvalue weighted by Gasteiger charge is -2.38. The monoisotopic (exact) mass is 550 g/mol. The number of likely N-dealkylation sites (tertiary alicyclic amines) is 1. The summed E-state index contributed by atoms with van der Waals surface area (Å²) in [6.45, 7) is 14.1. The highest BCUT2D eigenvalue weighted by atomic mass is 127. The molecule has 0 aromatic heterocycles. The van der Waals surface area contributed by atoms with Crippen molar-refractivity contribution in [2.45, 2.75) is 65.3 Å². The lowest BCUT2D eigenvalue weighted by Crippen LogP contribution is -3.00. The van der Waals surface area contributed by atoms with Gasteiger partial charge in [-0.25, -0.2) is 0 Å². The fraction of sp³-hybridized carbons (Fsp3) is 1.00. The summed E-state index contributed by atoms with van der Waals surface area (Å²) in [4.78, 5) is 0. The van der Waals surface area contributed by atoms with Gasteiger partial charge in [-0.2, -0.15) is 0 Å². The summed E-state index contributed by atoms with van der Waals surface area (Å²) in [5.41, 5.74) is 0. The van der Waals surface area contributed by atoms with Gasteiger partial charge in [0.2, 0.25) is 0 Å². The standard InChI is InChI=1S/C19H40N2.2HI/c1-6-20(4,7-2)14-10-11-17(3)21(5)15-18-12-8-9-13-19(18)16-21;;/h17-19H,6-16H2,1-5H3;2*1H/q+2;;/p-2. The molecule has 0 N–H and O–H groups in total. The third-order valence-electron chi connectivity index (χ3n) is 7.28. The summed E-state index contributed by atoms with van der Waals surface area (Å²) in [5, 5.41) is 0. The summed E-state index contributed by atoms with van der Waals surface area (Å²) in [7, 11) is 4.97. The predicted octanol–water partition coefficient (Wildman–Crippen LogP) is -2.08. The van der Waals surface area contributed by atoms with Gasteiger partial charge >= 0.3 is 0 Å². The highest BCUT2D eigenvalue weighted by Gasteiger charge is 2.45. The zero-order valence-electron chi connectivity index (χ0n) is 16.2. The molecule has 4 heteroatoms. The summed E-state index contributed by atoms with van der Waals surface area (Å²) in [5.74, 6) is 2.11. The Morgan fingerprint density at radius 2 is 1.48 bits per heavy atom. The molecule has 3 atom stereocenters. The van der Waals surface area contributed by atoms with Crippen LogP contribution in [0.4, 0.5) is 0 Å². The van der Waals surface area contributed by atoms with Crippen LogP contribution in [0, 0.1) is 11.8 Å². The molecule has 0 radical (unpaired) electrons. The van der Waals surface area contributed by atoms with Gasteiger partial charge in [0, 0.05) is 24.7 Å². The van der Waals surface area contributed by atoms with Crippen molar-refractivity contribution in [1.29, 1.82) is 0 Å². The van der Waals surface area contributed by atoms with Crippen molar-refractivity contribution in [2.24, 2.45) is 11.8 Å². The lowest BCUT2D eigenvalue weighted by molar-refractivity contribution is -0.925. The van der Waals surface area contributed by atoms with Crippen LogP contribution >= 0.6 is 0 Å². The number of hydrogen-bond donors (Lipinski definition) is 0. The molecule has 3 unspecified atom stereocenters. The summed E-state index contributed by atoms with van der Waals surface area (Å²) in [6, 6.07) is 0.859. The second kappa shape index (κ2) is 10.5. The molecule has 2 fully saturated rings. The highest BCUT2D eigenvalue weighted by Crippen LogP contribution is 2.40. The van der Waals surface area contributed by atoms with Crippen molar-refractivity contribution in [3.63, 3.8) is 0 Å². The molecule has 23 heavy (non-hydrogen) atoms. The lowest BCUT2D eigenvalue weighted by atomic mass is 9.82. The molecule has 0 aromatic rings. The summed E-state index contributed by atoms with van der Waals surface area (Å²) < 4.78 is 2.62. The minimum Gasteiger partial charge on any atom is -1.00 e. The zero-order chi connectivity index (χ0) is 15.5. The van der Waals surface area contributed by atoms with Gasteiger partial charge in [-0.05, 0) is 33.6 Å². The molecule has 2 aliphatic rings. The van der Waals surface area contributed by atoms with E-state index in [1.165, 1.54) is 80.2 Å². The normalized spacial score (nSPS) is 31.7. The van der Waals surface area contributed by atoms with E-state index in [0.717, 1.165) is 17.9 Å². The third-order valence-corrected chi connectivity index (χ3v) is 7.28. The molecule has 1 saturated carbocycles. The van der Waals surface area contributed by atoms with Gasteiger partial charge in [-0.3, -0.25) is 0 Å². The molecule has 1 aliphatic heterocycles. The Morgan fingerprint density at radius 1 is 1.00 bits per heavy atom. The van der Waals surface area contributed by atoms with Gasteiger partial charge in [-0.15, -0.1) is 0 Å². The number of hydrogen-bond acceptors (Lipinski definition) is 0. The van der Waals surface area contributed by atoms with Crippen molar-refractivity contribution >= 4 is 0 Å². The quantitative estimate of drug-likeness (QED) is 0.252. The van der Waals surface area contributed by atoms with Crippen LogP contribution in [-0.2, 0) is 0 Å². The largest absolute Gasteiger partial charge is 1.00 e. The minimum absolute atomic E-state index is 0. The van der Waals surface area contributed by atoms with Crippen molar-refractivity contribution in [2.75, 3.05) is 46.8 Å². The average Bonchev–Trinajstić information content (AvgIpc) is 2.84. The van der Waals surface area contributed by atoms with Crippen molar-refractivity contribution in [3.05, 3.63) is 0 Å². The number of rotatable bonds is 7. The van der Waals surface area contributed by atoms with Gasteiger partial charge in [0.05, 0.1) is 52.9 Å². The second-order valence-corrected chi connectivity index (χ2v) is 8.62. The fourth-order valence-electron chi connectivity index (χ4n) is 4.89. The first-order valence-corrected chi connectivity index (χ1v) is 9.60. The Morgan fingerprint density at radius 3 is 1.91 bits per heavy atom. The Labute approximate surface area is 180 Å². The highest BCUT2D eigenvalue weighted by molar-refractivity contribution is 4.81. The number of halogens is 2. The first-order valence-electron chi connectivity index (χ1n) is 9.60. The van der Waals surface area contributed by atoms with E-state index in [1.807, 2.05) is 0 Å². The number of fused-ring (bicyclic) bond motifs is 1. The Balaban J connectivity index is 0.00000242. The van der Waals surface area contributed by atoms with E-state index >= 15 is 0 Å². The maximum absolute atomic E-state index is 2.55. The minimum atomic E-state index is 0. The van der Waals surface area contributed by atoms with Crippen LogP contribution in [0.2, 0.25) is 0 Å². The molecule has 0 spiro atoms. The summed E-state index contributed by atoms with van der Waals surface area (Å²) in [6.07, 6.45) is 8.86. The molecule has 0 bridgehead atoms. The van der Waals surface area contributed by atoms with E-state index in [9.17, 15) is 0 Å². The predicted molar refractivity (Wildman–Crippen MR) is 92.2 cm³/mol. The molecule has 2 rings (SSSR count). The molecular formula is C19H40I2N2. The van der Waals surface area contributed by atoms with E-state index in [0.29, 0.717) is 0 Å². The van der Waals surface area contributed by atoms with E-state index in [-0.39, 0.29) is 48.0 Å². The third kappa shape index (κ3) is 6.24. The van der Waals surface area contributed by atoms with Crippen LogP contribution in [0.5, 0.6) is 0 Å². The van der Waals surface area contributed by atoms with Crippen molar-refractivity contribution < 1.29 is 56.9 Å². The van der Waals surface area contributed by atoms with Gasteiger partial charge in [0.1, 0.15) is 0 Å². The maximum atomic E-state index is 2.55. The van der Waals surface area contributed by atoms with E-state index < -0.39 is 0 Å². The van der Waals surface area contributed by atoms with Gasteiger partial charge in [-0.1, -0.05) is 12.8 Å². The van der Waals surface area contributed by atoms with Crippen LogP contribution in [0.3, 0.4) is 0 Å². The molecule has 1 aliphatic carbocycles. The topological polar surface area (TPSA) is 0 Å². The van der Waals surface area contributed by atoms with Crippen molar-refractivity contribution in [1.82, 2.24) is 0 Å². The first-order chi connectivity index (χ1) is 9.92. The van der Waals surface area contributed by atoms with Crippen LogP contribution in [-0.4, -0.2) is 61.8 Å². The SMILES string of the molecule is CC[N+](C)(CC)CCCC(C)[N+]1(C)CC2CCCCC2C1.[I-].[I-]. The van der Waals surface area contributed by atoms with Crippen LogP contribution in [0.15, 0.2) is 0 Å².